The Hall–Kier alpha value is -1.84. The molecule has 0 aliphatic heterocycles. The molecule has 0 bridgehead atoms. The lowest BCUT2D eigenvalue weighted by molar-refractivity contribution is -0.162. The molecule has 0 amide bonds. The molecule has 4 heteroatoms. The molecule has 110 valence electrons. The zero-order valence-corrected chi connectivity index (χ0v) is 12.3. The molecule has 1 atom stereocenters. The van der Waals surface area contributed by atoms with E-state index in [1.54, 1.807) is 13.8 Å². The van der Waals surface area contributed by atoms with E-state index in [9.17, 15) is 9.59 Å². The predicted molar refractivity (Wildman–Crippen MR) is 76.2 cm³/mol. The van der Waals surface area contributed by atoms with Gasteiger partial charge >= 0.3 is 11.9 Å². The predicted octanol–water partition coefficient (Wildman–Crippen LogP) is 2.92. The summed E-state index contributed by atoms with van der Waals surface area (Å²) in [6, 6.07) is 9.52. The van der Waals surface area contributed by atoms with Gasteiger partial charge in [0.2, 0.25) is 0 Å². The maximum atomic E-state index is 12.1. The van der Waals surface area contributed by atoms with Gasteiger partial charge in [-0.05, 0) is 25.8 Å². The Kier molecular flexibility index (Phi) is 6.77. The normalized spacial score (nSPS) is 12.0. The Morgan fingerprint density at radius 3 is 1.85 bits per heavy atom. The monoisotopic (exact) mass is 278 g/mol. The maximum absolute atomic E-state index is 12.1. The van der Waals surface area contributed by atoms with Crippen LogP contribution in [0.25, 0.3) is 0 Å². The van der Waals surface area contributed by atoms with Crippen molar-refractivity contribution in [3.8, 4) is 0 Å². The van der Waals surface area contributed by atoms with E-state index in [-0.39, 0.29) is 19.1 Å². The fourth-order valence-electron chi connectivity index (χ4n) is 2.25. The Morgan fingerprint density at radius 1 is 0.950 bits per heavy atom. The van der Waals surface area contributed by atoms with Gasteiger partial charge in [-0.15, -0.1) is 0 Å². The molecule has 0 fully saturated rings. The van der Waals surface area contributed by atoms with Crippen molar-refractivity contribution in [1.82, 2.24) is 0 Å². The molecule has 0 heterocycles. The van der Waals surface area contributed by atoms with E-state index in [0.717, 1.165) is 5.56 Å². The third kappa shape index (κ3) is 4.08. The summed E-state index contributed by atoms with van der Waals surface area (Å²) in [5.41, 5.74) is 0.945. The average molecular weight is 278 g/mol. The third-order valence-corrected chi connectivity index (χ3v) is 3.15. The highest BCUT2D eigenvalue weighted by atomic mass is 16.6. The van der Waals surface area contributed by atoms with Gasteiger partial charge < -0.3 is 9.47 Å². The molecule has 0 aliphatic rings. The molecular weight excluding hydrogens is 256 g/mol. The van der Waals surface area contributed by atoms with Crippen LogP contribution in [0.4, 0.5) is 0 Å². The van der Waals surface area contributed by atoms with E-state index < -0.39 is 17.9 Å². The average Bonchev–Trinajstić information content (AvgIpc) is 2.45. The SMILES string of the molecule is CCOC(=O)C(C(=O)OCC)[C@H](CC)c1ccccc1. The van der Waals surface area contributed by atoms with E-state index in [1.807, 2.05) is 37.3 Å². The van der Waals surface area contributed by atoms with E-state index in [4.69, 9.17) is 9.47 Å². The number of rotatable bonds is 7. The van der Waals surface area contributed by atoms with Gasteiger partial charge in [0.05, 0.1) is 13.2 Å². The molecule has 1 aromatic carbocycles. The Morgan fingerprint density at radius 2 is 1.45 bits per heavy atom. The van der Waals surface area contributed by atoms with Crippen LogP contribution in [-0.2, 0) is 19.1 Å². The summed E-state index contributed by atoms with van der Waals surface area (Å²) in [5, 5.41) is 0. The van der Waals surface area contributed by atoms with Crippen molar-refractivity contribution in [3.05, 3.63) is 35.9 Å². The fraction of sp³-hybridized carbons (Fsp3) is 0.500. The zero-order valence-electron chi connectivity index (χ0n) is 12.3. The first kappa shape index (κ1) is 16.2. The largest absolute Gasteiger partial charge is 0.465 e. The van der Waals surface area contributed by atoms with E-state index in [2.05, 4.69) is 0 Å². The van der Waals surface area contributed by atoms with Crippen molar-refractivity contribution >= 4 is 11.9 Å². The Bertz CT molecular complexity index is 409. The molecule has 0 aliphatic carbocycles. The molecule has 20 heavy (non-hydrogen) atoms. The number of carbonyl (C=O) groups is 2. The molecule has 4 nitrogen and oxygen atoms in total. The van der Waals surface area contributed by atoms with Crippen molar-refractivity contribution in [2.75, 3.05) is 13.2 Å². The molecule has 1 rings (SSSR count). The highest BCUT2D eigenvalue weighted by molar-refractivity contribution is 5.96. The molecule has 0 radical (unpaired) electrons. The topological polar surface area (TPSA) is 52.6 Å². The number of benzene rings is 1. The minimum absolute atomic E-state index is 0.228. The highest BCUT2D eigenvalue weighted by Crippen LogP contribution is 2.30. The minimum Gasteiger partial charge on any atom is -0.465 e. The van der Waals surface area contributed by atoms with E-state index >= 15 is 0 Å². The number of ether oxygens (including phenoxy) is 2. The van der Waals surface area contributed by atoms with Crippen LogP contribution in [0.1, 0.15) is 38.7 Å². The fourth-order valence-corrected chi connectivity index (χ4v) is 2.25. The van der Waals surface area contributed by atoms with Crippen LogP contribution in [0.5, 0.6) is 0 Å². The van der Waals surface area contributed by atoms with Crippen molar-refractivity contribution in [3.63, 3.8) is 0 Å². The molecule has 0 saturated heterocycles. The van der Waals surface area contributed by atoms with E-state index in [1.165, 1.54) is 0 Å². The van der Waals surface area contributed by atoms with Crippen LogP contribution in [0.15, 0.2) is 30.3 Å². The van der Waals surface area contributed by atoms with Gasteiger partial charge in [-0.3, -0.25) is 9.59 Å². The van der Waals surface area contributed by atoms with Crippen LogP contribution in [-0.4, -0.2) is 25.2 Å². The second-order valence-electron chi connectivity index (χ2n) is 4.41. The lowest BCUT2D eigenvalue weighted by atomic mass is 9.84. The molecular formula is C16H22O4. The van der Waals surface area contributed by atoms with Gasteiger partial charge in [0.25, 0.3) is 0 Å². The Labute approximate surface area is 120 Å². The van der Waals surface area contributed by atoms with Crippen molar-refractivity contribution in [2.45, 2.75) is 33.1 Å². The molecule has 0 saturated carbocycles. The van der Waals surface area contributed by atoms with Gasteiger partial charge in [0, 0.05) is 5.92 Å². The smallest absolute Gasteiger partial charge is 0.320 e. The molecule has 0 unspecified atom stereocenters. The second-order valence-corrected chi connectivity index (χ2v) is 4.41. The van der Waals surface area contributed by atoms with Crippen molar-refractivity contribution in [1.29, 1.82) is 0 Å². The first-order chi connectivity index (χ1) is 9.65. The number of carbonyl (C=O) groups excluding carboxylic acids is 2. The zero-order chi connectivity index (χ0) is 15.0. The lowest BCUT2D eigenvalue weighted by Gasteiger charge is -2.23. The minimum atomic E-state index is -0.901. The second kappa shape index (κ2) is 8.35. The first-order valence-corrected chi connectivity index (χ1v) is 7.03. The van der Waals surface area contributed by atoms with Gasteiger partial charge in [-0.2, -0.15) is 0 Å². The molecule has 1 aromatic rings. The molecule has 0 N–H and O–H groups in total. The van der Waals surface area contributed by atoms with Crippen molar-refractivity contribution < 1.29 is 19.1 Å². The van der Waals surface area contributed by atoms with Crippen LogP contribution >= 0.6 is 0 Å². The number of hydrogen-bond donors (Lipinski definition) is 0. The molecule has 0 aromatic heterocycles. The summed E-state index contributed by atoms with van der Waals surface area (Å²) < 4.78 is 10.1. The van der Waals surface area contributed by atoms with E-state index in [0.29, 0.717) is 6.42 Å². The lowest BCUT2D eigenvalue weighted by Crippen LogP contribution is -2.33. The Balaban J connectivity index is 3.06. The summed E-state index contributed by atoms with van der Waals surface area (Å²) in [6.45, 7) is 5.90. The van der Waals surface area contributed by atoms with Gasteiger partial charge in [-0.25, -0.2) is 0 Å². The first-order valence-electron chi connectivity index (χ1n) is 7.03. The van der Waals surface area contributed by atoms with Gasteiger partial charge in [-0.1, -0.05) is 37.3 Å². The summed E-state index contributed by atoms with van der Waals surface area (Å²) in [4.78, 5) is 24.2. The van der Waals surface area contributed by atoms with Crippen molar-refractivity contribution in [2.24, 2.45) is 5.92 Å². The number of hydrogen-bond acceptors (Lipinski definition) is 4. The quantitative estimate of drug-likeness (QED) is 0.568. The maximum Gasteiger partial charge on any atom is 0.320 e. The number of esters is 2. The van der Waals surface area contributed by atoms with Crippen LogP contribution in [0.2, 0.25) is 0 Å². The summed E-state index contributed by atoms with van der Waals surface area (Å²) in [6.07, 6.45) is 0.659. The van der Waals surface area contributed by atoms with Gasteiger partial charge in [0.1, 0.15) is 0 Å². The highest BCUT2D eigenvalue weighted by Gasteiger charge is 2.37. The summed E-state index contributed by atoms with van der Waals surface area (Å²) >= 11 is 0. The van der Waals surface area contributed by atoms with Crippen LogP contribution < -0.4 is 0 Å². The summed E-state index contributed by atoms with van der Waals surface area (Å²) in [5.74, 6) is -2.15. The standard InChI is InChI=1S/C16H22O4/c1-4-13(12-10-8-7-9-11-12)14(15(17)19-5-2)16(18)20-6-3/h7-11,13-14H,4-6H2,1-3H3/t13-/m1/s1. The van der Waals surface area contributed by atoms with Crippen LogP contribution in [0.3, 0.4) is 0 Å². The molecule has 0 spiro atoms. The summed E-state index contributed by atoms with van der Waals surface area (Å²) in [7, 11) is 0. The van der Waals surface area contributed by atoms with Crippen LogP contribution in [0, 0.1) is 5.92 Å². The third-order valence-electron chi connectivity index (χ3n) is 3.15. The van der Waals surface area contributed by atoms with Gasteiger partial charge in [0.15, 0.2) is 5.92 Å².